The van der Waals surface area contributed by atoms with Crippen LogP contribution in [0.1, 0.15) is 38.1 Å². The van der Waals surface area contributed by atoms with E-state index in [4.69, 9.17) is 0 Å². The predicted molar refractivity (Wildman–Crippen MR) is 66.8 cm³/mol. The maximum absolute atomic E-state index is 11.2. The molecule has 94 valence electrons. The molecule has 0 aromatic carbocycles. The minimum Gasteiger partial charge on any atom is -0.480 e. The van der Waals surface area contributed by atoms with E-state index in [1.807, 2.05) is 32.0 Å². The van der Waals surface area contributed by atoms with Crippen LogP contribution in [0.4, 0.5) is 0 Å². The van der Waals surface area contributed by atoms with E-state index >= 15 is 0 Å². The summed E-state index contributed by atoms with van der Waals surface area (Å²) in [5.74, 6) is -0.813. The number of aromatic nitrogens is 1. The van der Waals surface area contributed by atoms with Crippen LogP contribution in [0, 0.1) is 6.92 Å². The monoisotopic (exact) mass is 236 g/mol. The maximum Gasteiger partial charge on any atom is 0.323 e. The molecule has 0 aliphatic carbocycles. The fourth-order valence-corrected chi connectivity index (χ4v) is 1.75. The van der Waals surface area contributed by atoms with Gasteiger partial charge in [0, 0.05) is 12.2 Å². The van der Waals surface area contributed by atoms with Crippen LogP contribution in [0.5, 0.6) is 0 Å². The molecule has 1 aromatic rings. The van der Waals surface area contributed by atoms with Crippen LogP contribution in [-0.4, -0.2) is 21.6 Å². The van der Waals surface area contributed by atoms with Crippen LogP contribution in [0.3, 0.4) is 0 Å². The Morgan fingerprint density at radius 3 is 2.76 bits per heavy atom. The Morgan fingerprint density at radius 2 is 2.24 bits per heavy atom. The van der Waals surface area contributed by atoms with Gasteiger partial charge in [-0.3, -0.25) is 15.1 Å². The Morgan fingerprint density at radius 1 is 1.53 bits per heavy atom. The number of nitrogens with zero attached hydrogens (tertiary/aromatic N) is 1. The lowest BCUT2D eigenvalue weighted by atomic mass is 9.96. The van der Waals surface area contributed by atoms with E-state index in [1.54, 1.807) is 6.92 Å². The fourth-order valence-electron chi connectivity index (χ4n) is 1.75. The van der Waals surface area contributed by atoms with Gasteiger partial charge in [-0.1, -0.05) is 19.4 Å². The number of pyridine rings is 1. The fraction of sp³-hybridized carbons (Fsp3) is 0.538. The molecule has 1 rings (SSSR count). The summed E-state index contributed by atoms with van der Waals surface area (Å²) in [5.41, 5.74) is 0.936. The molecular weight excluding hydrogens is 216 g/mol. The number of aryl methyl sites for hydroxylation is 1. The number of carboxylic acids is 1. The number of carboxylic acid groups (broad SMARTS) is 1. The summed E-state index contributed by atoms with van der Waals surface area (Å²) >= 11 is 0. The third-order valence-corrected chi connectivity index (χ3v) is 2.83. The van der Waals surface area contributed by atoms with E-state index in [0.29, 0.717) is 13.0 Å². The molecule has 4 nitrogen and oxygen atoms in total. The van der Waals surface area contributed by atoms with Crippen molar-refractivity contribution in [3.63, 3.8) is 0 Å². The zero-order valence-electron chi connectivity index (χ0n) is 10.7. The number of nitrogens with one attached hydrogen (secondary N) is 1. The number of hydrogen-bond acceptors (Lipinski definition) is 3. The molecule has 1 heterocycles. The summed E-state index contributed by atoms with van der Waals surface area (Å²) in [6, 6.07) is 5.75. The van der Waals surface area contributed by atoms with Crippen LogP contribution in [0.25, 0.3) is 0 Å². The molecule has 0 aliphatic heterocycles. The lowest BCUT2D eigenvalue weighted by Crippen LogP contribution is -2.49. The molecule has 0 aliphatic rings. The first-order valence-corrected chi connectivity index (χ1v) is 5.89. The summed E-state index contributed by atoms with van der Waals surface area (Å²) in [7, 11) is 0. The van der Waals surface area contributed by atoms with Gasteiger partial charge in [0.15, 0.2) is 0 Å². The highest BCUT2D eigenvalue weighted by Crippen LogP contribution is 2.13. The van der Waals surface area contributed by atoms with Gasteiger partial charge < -0.3 is 5.11 Å². The van der Waals surface area contributed by atoms with Crippen molar-refractivity contribution in [1.82, 2.24) is 10.3 Å². The summed E-state index contributed by atoms with van der Waals surface area (Å²) < 4.78 is 0. The summed E-state index contributed by atoms with van der Waals surface area (Å²) in [4.78, 5) is 15.6. The van der Waals surface area contributed by atoms with Crippen molar-refractivity contribution in [3.05, 3.63) is 29.6 Å². The van der Waals surface area contributed by atoms with Gasteiger partial charge in [0.05, 0.1) is 5.69 Å². The smallest absolute Gasteiger partial charge is 0.323 e. The highest BCUT2D eigenvalue weighted by Gasteiger charge is 2.31. The molecule has 0 saturated heterocycles. The summed E-state index contributed by atoms with van der Waals surface area (Å²) in [6.07, 6.45) is 1.44. The lowest BCUT2D eigenvalue weighted by molar-refractivity contribution is -0.144. The molecule has 2 N–H and O–H groups in total. The van der Waals surface area contributed by atoms with Crippen molar-refractivity contribution in [1.29, 1.82) is 0 Å². The van der Waals surface area contributed by atoms with Gasteiger partial charge in [-0.15, -0.1) is 0 Å². The van der Waals surface area contributed by atoms with Gasteiger partial charge in [0.1, 0.15) is 5.54 Å². The van der Waals surface area contributed by atoms with Gasteiger partial charge in [-0.05, 0) is 32.4 Å². The second-order valence-electron chi connectivity index (χ2n) is 4.51. The topological polar surface area (TPSA) is 62.2 Å². The quantitative estimate of drug-likeness (QED) is 0.794. The Balaban J connectivity index is 2.67. The molecule has 1 atom stereocenters. The van der Waals surface area contributed by atoms with E-state index in [0.717, 1.165) is 17.8 Å². The normalized spacial score (nSPS) is 14.3. The highest BCUT2D eigenvalue weighted by atomic mass is 16.4. The van der Waals surface area contributed by atoms with Crippen LogP contribution in [0.2, 0.25) is 0 Å². The zero-order valence-corrected chi connectivity index (χ0v) is 10.7. The Hall–Kier alpha value is -1.42. The molecule has 17 heavy (non-hydrogen) atoms. The number of carbonyl (C=O) groups is 1. The predicted octanol–water partition coefficient (Wildman–Crippen LogP) is 2.12. The highest BCUT2D eigenvalue weighted by molar-refractivity contribution is 5.78. The number of aliphatic carboxylic acids is 1. The maximum atomic E-state index is 11.2. The number of hydrogen-bond donors (Lipinski definition) is 2. The van der Waals surface area contributed by atoms with E-state index in [-0.39, 0.29) is 0 Å². The van der Waals surface area contributed by atoms with Crippen LogP contribution < -0.4 is 5.32 Å². The third-order valence-electron chi connectivity index (χ3n) is 2.83. The summed E-state index contributed by atoms with van der Waals surface area (Å²) in [6.45, 7) is 6.10. The molecule has 0 spiro atoms. The van der Waals surface area contributed by atoms with Crippen LogP contribution in [0.15, 0.2) is 18.2 Å². The van der Waals surface area contributed by atoms with Crippen molar-refractivity contribution in [2.75, 3.05) is 0 Å². The van der Waals surface area contributed by atoms with E-state index in [1.165, 1.54) is 0 Å². The van der Waals surface area contributed by atoms with Gasteiger partial charge in [0.25, 0.3) is 0 Å². The average Bonchev–Trinajstić information content (AvgIpc) is 2.27. The van der Waals surface area contributed by atoms with Gasteiger partial charge in [-0.25, -0.2) is 0 Å². The average molecular weight is 236 g/mol. The Bertz CT molecular complexity index is 393. The molecule has 0 saturated carbocycles. The third kappa shape index (κ3) is 3.82. The Labute approximate surface area is 102 Å². The van der Waals surface area contributed by atoms with Crippen molar-refractivity contribution < 1.29 is 9.90 Å². The van der Waals surface area contributed by atoms with E-state index in [9.17, 15) is 9.90 Å². The van der Waals surface area contributed by atoms with Crippen molar-refractivity contribution in [2.45, 2.75) is 45.7 Å². The zero-order chi connectivity index (χ0) is 12.9. The van der Waals surface area contributed by atoms with Gasteiger partial charge in [-0.2, -0.15) is 0 Å². The molecule has 1 aromatic heterocycles. The second kappa shape index (κ2) is 5.77. The first-order valence-electron chi connectivity index (χ1n) is 5.89. The molecule has 1 unspecified atom stereocenters. The number of rotatable bonds is 6. The molecule has 4 heteroatoms. The molecule has 0 bridgehead atoms. The molecule has 0 radical (unpaired) electrons. The molecule has 0 fully saturated rings. The SMILES string of the molecule is CCCC(C)(NCc1cccc(C)n1)C(=O)O. The van der Waals surface area contributed by atoms with Crippen molar-refractivity contribution >= 4 is 5.97 Å². The molecule has 0 amide bonds. The van der Waals surface area contributed by atoms with Crippen LogP contribution in [-0.2, 0) is 11.3 Å². The first kappa shape index (κ1) is 13.6. The minimum atomic E-state index is -0.875. The van der Waals surface area contributed by atoms with Crippen molar-refractivity contribution in [3.8, 4) is 0 Å². The van der Waals surface area contributed by atoms with Gasteiger partial charge >= 0.3 is 5.97 Å². The standard InChI is InChI=1S/C13H20N2O2/c1-4-8-13(3,12(16)17)14-9-11-7-5-6-10(2)15-11/h5-7,14H,4,8-9H2,1-3H3,(H,16,17). The summed E-state index contributed by atoms with van der Waals surface area (Å²) in [5, 5.41) is 12.3. The van der Waals surface area contributed by atoms with Crippen molar-refractivity contribution in [2.24, 2.45) is 0 Å². The Kier molecular flexibility index (Phi) is 4.63. The van der Waals surface area contributed by atoms with Crippen LogP contribution >= 0.6 is 0 Å². The second-order valence-corrected chi connectivity index (χ2v) is 4.51. The van der Waals surface area contributed by atoms with Gasteiger partial charge in [0.2, 0.25) is 0 Å². The minimum absolute atomic E-state index is 0.477. The largest absolute Gasteiger partial charge is 0.480 e. The first-order chi connectivity index (χ1) is 7.98. The van der Waals surface area contributed by atoms with E-state index < -0.39 is 11.5 Å². The molecular formula is C13H20N2O2. The van der Waals surface area contributed by atoms with E-state index in [2.05, 4.69) is 10.3 Å². The lowest BCUT2D eigenvalue weighted by Gasteiger charge is -2.25.